The molecule has 17 heavy (non-hydrogen) atoms. The van der Waals surface area contributed by atoms with Crippen LogP contribution in [0.25, 0.3) is 15.9 Å². The molecule has 2 heterocycles. The maximum Gasteiger partial charge on any atom is 0.334 e. The molecule has 0 saturated carbocycles. The summed E-state index contributed by atoms with van der Waals surface area (Å²) in [6.45, 7) is 0. The number of hydrogen-bond donors (Lipinski definition) is 1. The molecule has 0 aliphatic heterocycles. The van der Waals surface area contributed by atoms with Crippen LogP contribution in [0, 0.1) is 0 Å². The number of fused-ring (bicyclic) bond motifs is 1. The smallest absolute Gasteiger partial charge is 0.298 e. The van der Waals surface area contributed by atoms with E-state index < -0.39 is 5.69 Å². The van der Waals surface area contributed by atoms with E-state index in [-0.39, 0.29) is 5.56 Å². The van der Waals surface area contributed by atoms with Crippen LogP contribution in [-0.4, -0.2) is 9.55 Å². The van der Waals surface area contributed by atoms with Crippen molar-refractivity contribution in [3.63, 3.8) is 0 Å². The molecule has 84 valence electrons. The number of benzene rings is 1. The molecule has 1 aromatic carbocycles. The zero-order chi connectivity index (χ0) is 11.8. The van der Waals surface area contributed by atoms with Gasteiger partial charge in [0.15, 0.2) is 0 Å². The van der Waals surface area contributed by atoms with Gasteiger partial charge in [-0.2, -0.15) is 0 Å². The van der Waals surface area contributed by atoms with Crippen molar-refractivity contribution in [3.05, 3.63) is 62.6 Å². The number of H-pyrrole nitrogens is 1. The summed E-state index contributed by atoms with van der Waals surface area (Å²) in [6.07, 6.45) is 0. The number of aromatic amines is 1. The van der Waals surface area contributed by atoms with Crippen molar-refractivity contribution in [1.82, 2.24) is 9.55 Å². The van der Waals surface area contributed by atoms with Gasteiger partial charge in [-0.3, -0.25) is 9.78 Å². The lowest BCUT2D eigenvalue weighted by molar-refractivity contribution is 0.904. The van der Waals surface area contributed by atoms with E-state index >= 15 is 0 Å². The molecule has 1 N–H and O–H groups in total. The van der Waals surface area contributed by atoms with Crippen LogP contribution in [0.1, 0.15) is 0 Å². The van der Waals surface area contributed by atoms with Crippen molar-refractivity contribution in [2.75, 3.05) is 0 Å². The van der Waals surface area contributed by atoms with Gasteiger partial charge in [0, 0.05) is 0 Å². The summed E-state index contributed by atoms with van der Waals surface area (Å²) in [5.41, 5.74) is -0.112. The quantitative estimate of drug-likeness (QED) is 0.709. The molecule has 0 unspecified atom stereocenters. The molecule has 0 saturated heterocycles. The van der Waals surface area contributed by atoms with Gasteiger partial charge >= 0.3 is 5.69 Å². The van der Waals surface area contributed by atoms with Gasteiger partial charge in [0.05, 0.1) is 11.1 Å². The number of aromatic nitrogens is 2. The first-order valence-corrected chi connectivity index (χ1v) is 5.93. The van der Waals surface area contributed by atoms with Crippen LogP contribution in [0.5, 0.6) is 0 Å². The molecular formula is C12H8N2O2S. The summed E-state index contributed by atoms with van der Waals surface area (Å²) in [4.78, 5) is 27.3. The van der Waals surface area contributed by atoms with Gasteiger partial charge in [0.1, 0.15) is 4.83 Å². The Morgan fingerprint density at radius 1 is 1.06 bits per heavy atom. The molecule has 0 amide bonds. The topological polar surface area (TPSA) is 54.9 Å². The van der Waals surface area contributed by atoms with Crippen molar-refractivity contribution in [1.29, 1.82) is 0 Å². The molecule has 0 bridgehead atoms. The Labute approximate surface area is 99.8 Å². The lowest BCUT2D eigenvalue weighted by Crippen LogP contribution is -2.32. The average Bonchev–Trinajstić information content (AvgIpc) is 2.78. The van der Waals surface area contributed by atoms with E-state index in [2.05, 4.69) is 4.98 Å². The predicted octanol–water partition coefficient (Wildman–Crippen LogP) is 1.74. The van der Waals surface area contributed by atoms with E-state index in [0.29, 0.717) is 15.9 Å². The molecule has 0 aliphatic carbocycles. The van der Waals surface area contributed by atoms with Crippen LogP contribution in [0.4, 0.5) is 0 Å². The van der Waals surface area contributed by atoms with Gasteiger partial charge in [-0.15, -0.1) is 11.3 Å². The van der Waals surface area contributed by atoms with Crippen molar-refractivity contribution in [3.8, 4) is 5.69 Å². The van der Waals surface area contributed by atoms with E-state index in [9.17, 15) is 9.59 Å². The fourth-order valence-corrected chi connectivity index (χ4v) is 2.52. The average molecular weight is 244 g/mol. The zero-order valence-electron chi connectivity index (χ0n) is 8.71. The lowest BCUT2D eigenvalue weighted by Gasteiger charge is -2.03. The Morgan fingerprint density at radius 2 is 1.82 bits per heavy atom. The van der Waals surface area contributed by atoms with Crippen LogP contribution in [0.2, 0.25) is 0 Å². The van der Waals surface area contributed by atoms with Crippen LogP contribution in [-0.2, 0) is 0 Å². The van der Waals surface area contributed by atoms with Crippen LogP contribution in [0.15, 0.2) is 51.4 Å². The third kappa shape index (κ3) is 1.52. The first kappa shape index (κ1) is 10.0. The minimum Gasteiger partial charge on any atom is -0.298 e. The fourth-order valence-electron chi connectivity index (χ4n) is 1.75. The van der Waals surface area contributed by atoms with Gasteiger partial charge in [0.2, 0.25) is 0 Å². The summed E-state index contributed by atoms with van der Waals surface area (Å²) in [5, 5.41) is 2.33. The van der Waals surface area contributed by atoms with Gasteiger partial charge in [-0.1, -0.05) is 18.2 Å². The third-order valence-corrected chi connectivity index (χ3v) is 3.37. The molecule has 0 fully saturated rings. The van der Waals surface area contributed by atoms with Crippen LogP contribution in [0.3, 0.4) is 0 Å². The molecule has 3 rings (SSSR count). The largest absolute Gasteiger partial charge is 0.334 e. The maximum absolute atomic E-state index is 12.2. The molecule has 2 aromatic heterocycles. The van der Waals surface area contributed by atoms with Gasteiger partial charge in [-0.05, 0) is 23.6 Å². The second kappa shape index (κ2) is 3.71. The number of thiophene rings is 1. The van der Waals surface area contributed by atoms with E-state index in [1.807, 2.05) is 6.07 Å². The van der Waals surface area contributed by atoms with E-state index in [4.69, 9.17) is 0 Å². The van der Waals surface area contributed by atoms with Crippen molar-refractivity contribution in [2.24, 2.45) is 0 Å². The molecule has 5 heteroatoms. The number of para-hydroxylation sites is 1. The highest BCUT2D eigenvalue weighted by Crippen LogP contribution is 2.13. The molecular weight excluding hydrogens is 236 g/mol. The summed E-state index contributed by atoms with van der Waals surface area (Å²) in [6, 6.07) is 10.6. The van der Waals surface area contributed by atoms with E-state index in [1.165, 1.54) is 11.3 Å². The van der Waals surface area contributed by atoms with Crippen molar-refractivity contribution >= 4 is 21.6 Å². The first-order valence-electron chi connectivity index (χ1n) is 5.05. The normalized spacial score (nSPS) is 10.8. The number of rotatable bonds is 1. The SMILES string of the molecule is O=c1[nH]c2sccc2c(=O)n1-c1ccccc1. The second-order valence-corrected chi connectivity index (χ2v) is 4.49. The molecule has 0 atom stereocenters. The van der Waals surface area contributed by atoms with Gasteiger partial charge < -0.3 is 0 Å². The molecule has 0 aliphatic rings. The summed E-state index contributed by atoms with van der Waals surface area (Å²) >= 11 is 1.35. The Balaban J connectivity index is 2.45. The standard InChI is InChI=1S/C12H8N2O2S/c15-11-9-6-7-17-10(9)13-12(16)14(11)8-4-2-1-3-5-8/h1-7H,(H,13,16). The molecule has 0 radical (unpaired) electrons. The van der Waals surface area contributed by atoms with Gasteiger partial charge in [0.25, 0.3) is 5.56 Å². The fraction of sp³-hybridized carbons (Fsp3) is 0. The van der Waals surface area contributed by atoms with Crippen LogP contribution >= 0.6 is 11.3 Å². The number of nitrogens with one attached hydrogen (secondary N) is 1. The van der Waals surface area contributed by atoms with Gasteiger partial charge in [-0.25, -0.2) is 9.36 Å². The highest BCUT2D eigenvalue weighted by molar-refractivity contribution is 7.16. The summed E-state index contributed by atoms with van der Waals surface area (Å²) in [7, 11) is 0. The maximum atomic E-state index is 12.2. The number of nitrogens with zero attached hydrogens (tertiary/aromatic N) is 1. The van der Waals surface area contributed by atoms with Crippen molar-refractivity contribution < 1.29 is 0 Å². The lowest BCUT2D eigenvalue weighted by atomic mass is 10.3. The Morgan fingerprint density at radius 3 is 2.59 bits per heavy atom. The summed E-state index contributed by atoms with van der Waals surface area (Å²) < 4.78 is 1.15. The zero-order valence-corrected chi connectivity index (χ0v) is 9.53. The minimum atomic E-state index is -0.406. The Kier molecular flexibility index (Phi) is 2.19. The minimum absolute atomic E-state index is 0.281. The monoisotopic (exact) mass is 244 g/mol. The van der Waals surface area contributed by atoms with E-state index in [0.717, 1.165) is 4.57 Å². The highest BCUT2D eigenvalue weighted by atomic mass is 32.1. The first-order chi connectivity index (χ1) is 8.27. The molecule has 3 aromatic rings. The third-order valence-electron chi connectivity index (χ3n) is 2.54. The second-order valence-electron chi connectivity index (χ2n) is 3.57. The molecule has 0 spiro atoms. The van der Waals surface area contributed by atoms with Crippen molar-refractivity contribution in [2.45, 2.75) is 0 Å². The summed E-state index contributed by atoms with van der Waals surface area (Å²) in [5.74, 6) is 0. The van der Waals surface area contributed by atoms with E-state index in [1.54, 1.807) is 35.7 Å². The number of hydrogen-bond acceptors (Lipinski definition) is 3. The Hall–Kier alpha value is -2.14. The highest BCUT2D eigenvalue weighted by Gasteiger charge is 2.09. The Bertz CT molecular complexity index is 783. The predicted molar refractivity (Wildman–Crippen MR) is 68.0 cm³/mol. The van der Waals surface area contributed by atoms with Crippen LogP contribution < -0.4 is 11.2 Å². The molecule has 4 nitrogen and oxygen atoms in total.